The molecule has 1 N–H and O–H groups in total. The monoisotopic (exact) mass is 253 g/mol. The smallest absolute Gasteiger partial charge is 0.311 e. The van der Waals surface area contributed by atoms with Crippen molar-refractivity contribution in [3.8, 4) is 0 Å². The van der Waals surface area contributed by atoms with E-state index in [1.807, 2.05) is 0 Å². The summed E-state index contributed by atoms with van der Waals surface area (Å²) in [6.07, 6.45) is 4.10. The highest BCUT2D eigenvalue weighted by atomic mass is 16.4. The molecule has 1 saturated heterocycles. The van der Waals surface area contributed by atoms with Crippen molar-refractivity contribution in [2.45, 2.75) is 45.4 Å². The van der Waals surface area contributed by atoms with Gasteiger partial charge in [0.05, 0.1) is 5.41 Å². The summed E-state index contributed by atoms with van der Waals surface area (Å²) in [5, 5.41) is 9.44. The first-order chi connectivity index (χ1) is 8.46. The van der Waals surface area contributed by atoms with Crippen molar-refractivity contribution < 1.29 is 19.5 Å². The molecule has 2 rings (SSSR count). The van der Waals surface area contributed by atoms with Crippen LogP contribution in [0.5, 0.6) is 0 Å². The zero-order chi connectivity index (χ0) is 13.3. The molecular weight excluding hydrogens is 234 g/mol. The van der Waals surface area contributed by atoms with E-state index >= 15 is 0 Å². The molecule has 0 bridgehead atoms. The summed E-state index contributed by atoms with van der Waals surface area (Å²) < 4.78 is 0. The molecule has 100 valence electrons. The Morgan fingerprint density at radius 1 is 1.33 bits per heavy atom. The summed E-state index contributed by atoms with van der Waals surface area (Å²) in [4.78, 5) is 36.3. The van der Waals surface area contributed by atoms with Crippen molar-refractivity contribution in [2.75, 3.05) is 6.54 Å². The van der Waals surface area contributed by atoms with Gasteiger partial charge in [0.25, 0.3) is 0 Å². The third-order valence-corrected chi connectivity index (χ3v) is 4.19. The van der Waals surface area contributed by atoms with E-state index in [0.29, 0.717) is 12.8 Å². The summed E-state index contributed by atoms with van der Waals surface area (Å²) in [6, 6.07) is 0. The van der Waals surface area contributed by atoms with Gasteiger partial charge in [0.1, 0.15) is 0 Å². The molecule has 1 saturated carbocycles. The number of aliphatic carboxylic acids is 1. The molecule has 1 aliphatic heterocycles. The van der Waals surface area contributed by atoms with Crippen molar-refractivity contribution in [1.82, 2.24) is 4.90 Å². The molecule has 0 aromatic carbocycles. The zero-order valence-corrected chi connectivity index (χ0v) is 10.6. The van der Waals surface area contributed by atoms with Gasteiger partial charge in [0.15, 0.2) is 0 Å². The molecule has 0 aromatic rings. The van der Waals surface area contributed by atoms with Gasteiger partial charge in [-0.1, -0.05) is 26.2 Å². The van der Waals surface area contributed by atoms with E-state index in [1.54, 1.807) is 6.92 Å². The number of rotatable bonds is 3. The number of nitrogens with zero attached hydrogens (tertiary/aromatic N) is 1. The molecule has 0 aromatic heterocycles. The number of carbonyl (C=O) groups is 3. The van der Waals surface area contributed by atoms with Gasteiger partial charge >= 0.3 is 5.97 Å². The summed E-state index contributed by atoms with van der Waals surface area (Å²) in [5.41, 5.74) is -0.909. The van der Waals surface area contributed by atoms with Crippen molar-refractivity contribution in [1.29, 1.82) is 0 Å². The SMILES string of the molecule is CC1CC(=O)N(CC2(C(=O)O)CCCCC2)C1=O. The van der Waals surface area contributed by atoms with E-state index in [2.05, 4.69) is 0 Å². The standard InChI is InChI=1S/C13H19NO4/c1-9-7-10(15)14(11(9)16)8-13(12(17)18)5-3-2-4-6-13/h9H,2-8H2,1H3,(H,17,18). The summed E-state index contributed by atoms with van der Waals surface area (Å²) in [7, 11) is 0. The van der Waals surface area contributed by atoms with Gasteiger partial charge in [0.2, 0.25) is 11.8 Å². The van der Waals surface area contributed by atoms with Crippen LogP contribution in [0.1, 0.15) is 45.4 Å². The molecule has 2 amide bonds. The third-order valence-electron chi connectivity index (χ3n) is 4.19. The van der Waals surface area contributed by atoms with Crippen LogP contribution in [0.25, 0.3) is 0 Å². The van der Waals surface area contributed by atoms with Gasteiger partial charge in [-0.15, -0.1) is 0 Å². The van der Waals surface area contributed by atoms with Gasteiger partial charge in [-0.05, 0) is 12.8 Å². The minimum Gasteiger partial charge on any atom is -0.481 e. The molecule has 1 atom stereocenters. The third kappa shape index (κ3) is 2.13. The Bertz CT molecular complexity index is 384. The second kappa shape index (κ2) is 4.71. The van der Waals surface area contributed by atoms with Crippen molar-refractivity contribution in [2.24, 2.45) is 11.3 Å². The van der Waals surface area contributed by atoms with Crippen LogP contribution in [0, 0.1) is 11.3 Å². The molecule has 18 heavy (non-hydrogen) atoms. The number of hydrogen-bond acceptors (Lipinski definition) is 3. The van der Waals surface area contributed by atoms with E-state index in [-0.39, 0.29) is 30.7 Å². The summed E-state index contributed by atoms with van der Waals surface area (Å²) in [5.74, 6) is -1.61. The molecule has 2 aliphatic rings. The van der Waals surface area contributed by atoms with Crippen LogP contribution < -0.4 is 0 Å². The molecule has 5 heteroatoms. The van der Waals surface area contributed by atoms with Crippen molar-refractivity contribution >= 4 is 17.8 Å². The van der Waals surface area contributed by atoms with Crippen molar-refractivity contribution in [3.63, 3.8) is 0 Å². The fourth-order valence-corrected chi connectivity index (χ4v) is 2.99. The highest BCUT2D eigenvalue weighted by molar-refractivity contribution is 6.03. The molecule has 1 unspecified atom stereocenters. The Kier molecular flexibility index (Phi) is 3.41. The molecular formula is C13H19NO4. The molecule has 0 spiro atoms. The lowest BCUT2D eigenvalue weighted by Crippen LogP contribution is -2.46. The number of carbonyl (C=O) groups excluding carboxylic acids is 2. The van der Waals surface area contributed by atoms with Crippen LogP contribution in [0.3, 0.4) is 0 Å². The summed E-state index contributed by atoms with van der Waals surface area (Å²) >= 11 is 0. The van der Waals surface area contributed by atoms with E-state index in [9.17, 15) is 19.5 Å². The van der Waals surface area contributed by atoms with Gasteiger partial charge in [-0.3, -0.25) is 19.3 Å². The van der Waals surface area contributed by atoms with E-state index < -0.39 is 11.4 Å². The van der Waals surface area contributed by atoms with Crippen LogP contribution in [0.2, 0.25) is 0 Å². The average molecular weight is 253 g/mol. The maximum Gasteiger partial charge on any atom is 0.311 e. The Morgan fingerprint density at radius 3 is 2.39 bits per heavy atom. The molecule has 1 heterocycles. The number of hydrogen-bond donors (Lipinski definition) is 1. The first-order valence-electron chi connectivity index (χ1n) is 6.54. The minimum atomic E-state index is -0.909. The quantitative estimate of drug-likeness (QED) is 0.772. The number of likely N-dealkylation sites (tertiary alicyclic amines) is 1. The van der Waals surface area contributed by atoms with Gasteiger partial charge in [0, 0.05) is 18.9 Å². The average Bonchev–Trinajstić information content (AvgIpc) is 2.57. The maximum atomic E-state index is 11.9. The normalized spacial score (nSPS) is 27.6. The predicted molar refractivity (Wildman–Crippen MR) is 63.7 cm³/mol. The second-order valence-electron chi connectivity index (χ2n) is 5.57. The molecule has 2 fully saturated rings. The highest BCUT2D eigenvalue weighted by Gasteiger charge is 2.46. The van der Waals surface area contributed by atoms with Gasteiger partial charge < -0.3 is 5.11 Å². The topological polar surface area (TPSA) is 74.7 Å². The van der Waals surface area contributed by atoms with Crippen LogP contribution in [0.15, 0.2) is 0 Å². The van der Waals surface area contributed by atoms with Gasteiger partial charge in [-0.2, -0.15) is 0 Å². The minimum absolute atomic E-state index is 0.0599. The number of carboxylic acid groups (broad SMARTS) is 1. The lowest BCUT2D eigenvalue weighted by molar-refractivity contribution is -0.155. The first kappa shape index (κ1) is 13.1. The maximum absolute atomic E-state index is 11.9. The number of amides is 2. The fourth-order valence-electron chi connectivity index (χ4n) is 2.99. The lowest BCUT2D eigenvalue weighted by Gasteiger charge is -2.35. The van der Waals surface area contributed by atoms with E-state index in [4.69, 9.17) is 0 Å². The molecule has 1 aliphatic carbocycles. The van der Waals surface area contributed by atoms with Crippen LogP contribution in [0.4, 0.5) is 0 Å². The van der Waals surface area contributed by atoms with Gasteiger partial charge in [-0.25, -0.2) is 0 Å². The lowest BCUT2D eigenvalue weighted by atomic mass is 9.73. The Morgan fingerprint density at radius 2 is 1.94 bits per heavy atom. The summed E-state index contributed by atoms with van der Waals surface area (Å²) in [6.45, 7) is 1.78. The molecule has 5 nitrogen and oxygen atoms in total. The van der Waals surface area contributed by atoms with E-state index in [1.165, 1.54) is 4.90 Å². The zero-order valence-electron chi connectivity index (χ0n) is 10.6. The van der Waals surface area contributed by atoms with Crippen LogP contribution >= 0.6 is 0 Å². The fraction of sp³-hybridized carbons (Fsp3) is 0.769. The largest absolute Gasteiger partial charge is 0.481 e. The molecule has 0 radical (unpaired) electrons. The first-order valence-corrected chi connectivity index (χ1v) is 6.54. The predicted octanol–water partition coefficient (Wildman–Crippen LogP) is 1.42. The highest BCUT2D eigenvalue weighted by Crippen LogP contribution is 2.38. The number of imide groups is 1. The van der Waals surface area contributed by atoms with Crippen molar-refractivity contribution in [3.05, 3.63) is 0 Å². The Balaban J connectivity index is 2.17. The van der Waals surface area contributed by atoms with Crippen LogP contribution in [-0.2, 0) is 14.4 Å². The second-order valence-corrected chi connectivity index (χ2v) is 5.57. The van der Waals surface area contributed by atoms with Crippen LogP contribution in [-0.4, -0.2) is 34.3 Å². The Hall–Kier alpha value is -1.39. The number of carboxylic acids is 1. The van der Waals surface area contributed by atoms with E-state index in [0.717, 1.165) is 19.3 Å². The Labute approximate surface area is 106 Å².